The molecular formula is C19H19ClN2O5. The zero-order chi connectivity index (χ0) is 19.6. The van der Waals surface area contributed by atoms with E-state index in [0.29, 0.717) is 12.4 Å². The van der Waals surface area contributed by atoms with E-state index in [2.05, 4.69) is 5.32 Å². The molecule has 27 heavy (non-hydrogen) atoms. The summed E-state index contributed by atoms with van der Waals surface area (Å²) in [6.45, 7) is 4.61. The average Bonchev–Trinajstić information content (AvgIpc) is 2.98. The molecule has 142 valence electrons. The maximum Gasteiger partial charge on any atom is 0.270 e. The van der Waals surface area contributed by atoms with Gasteiger partial charge in [-0.3, -0.25) is 14.9 Å². The van der Waals surface area contributed by atoms with Gasteiger partial charge in [-0.25, -0.2) is 0 Å². The Morgan fingerprint density at radius 1 is 1.41 bits per heavy atom. The van der Waals surface area contributed by atoms with Crippen molar-refractivity contribution < 1.29 is 19.2 Å². The molecule has 1 atom stereocenters. The van der Waals surface area contributed by atoms with Crippen LogP contribution in [0.1, 0.15) is 35.3 Å². The normalized spacial score (nSPS) is 15.0. The van der Waals surface area contributed by atoms with Gasteiger partial charge in [0.05, 0.1) is 22.1 Å². The highest BCUT2D eigenvalue weighted by atomic mass is 35.5. The van der Waals surface area contributed by atoms with E-state index in [-0.39, 0.29) is 28.9 Å². The number of nitrogens with zero attached hydrogens (tertiary/aromatic N) is 1. The van der Waals surface area contributed by atoms with Gasteiger partial charge in [-0.15, -0.1) is 0 Å². The van der Waals surface area contributed by atoms with E-state index in [1.807, 2.05) is 26.0 Å². The van der Waals surface area contributed by atoms with Gasteiger partial charge < -0.3 is 14.8 Å². The third-order valence-electron chi connectivity index (χ3n) is 4.23. The van der Waals surface area contributed by atoms with E-state index >= 15 is 0 Å². The topological polar surface area (TPSA) is 90.7 Å². The molecule has 1 heterocycles. The number of nitro benzene ring substituents is 1. The van der Waals surface area contributed by atoms with E-state index < -0.39 is 10.8 Å². The van der Waals surface area contributed by atoms with Crippen molar-refractivity contribution in [1.29, 1.82) is 0 Å². The monoisotopic (exact) mass is 390 g/mol. The van der Waals surface area contributed by atoms with Crippen molar-refractivity contribution >= 4 is 23.2 Å². The molecular weight excluding hydrogens is 372 g/mol. The fourth-order valence-corrected chi connectivity index (χ4v) is 3.24. The summed E-state index contributed by atoms with van der Waals surface area (Å²) in [7, 11) is 0. The second kappa shape index (κ2) is 7.84. The summed E-state index contributed by atoms with van der Waals surface area (Å²) < 4.78 is 11.5. The highest BCUT2D eigenvalue weighted by Gasteiger charge is 2.22. The molecule has 1 N–H and O–H groups in total. The van der Waals surface area contributed by atoms with Gasteiger partial charge in [0.15, 0.2) is 0 Å². The van der Waals surface area contributed by atoms with Crippen LogP contribution < -0.4 is 14.8 Å². The van der Waals surface area contributed by atoms with Crippen LogP contribution in [0.5, 0.6) is 11.5 Å². The Bertz CT molecular complexity index is 900. The smallest absolute Gasteiger partial charge is 0.270 e. The molecule has 1 amide bonds. The summed E-state index contributed by atoms with van der Waals surface area (Å²) in [5.74, 6) is 1.07. The molecule has 0 aliphatic carbocycles. The number of non-ortho nitro benzene ring substituents is 1. The van der Waals surface area contributed by atoms with Crippen LogP contribution in [-0.2, 0) is 13.0 Å². The zero-order valence-electron chi connectivity index (χ0n) is 15.0. The van der Waals surface area contributed by atoms with Crippen LogP contribution in [0.2, 0.25) is 5.02 Å². The number of hydrogen-bond acceptors (Lipinski definition) is 5. The SMILES string of the molecule is CCOc1cc2c(cc1CNC(=O)c1ccc([N+](=O)[O-])cc1Cl)OC(C)C2. The number of ether oxygens (including phenoxy) is 2. The minimum absolute atomic E-state index is 0.0258. The van der Waals surface area contributed by atoms with Crippen LogP contribution in [0.25, 0.3) is 0 Å². The van der Waals surface area contributed by atoms with E-state index in [9.17, 15) is 14.9 Å². The summed E-state index contributed by atoms with van der Waals surface area (Å²) in [6.07, 6.45) is 0.929. The molecule has 1 aliphatic heterocycles. The molecule has 1 unspecified atom stereocenters. The third kappa shape index (κ3) is 4.14. The van der Waals surface area contributed by atoms with Crippen molar-refractivity contribution in [2.45, 2.75) is 32.9 Å². The van der Waals surface area contributed by atoms with Crippen LogP contribution >= 0.6 is 11.6 Å². The number of fused-ring (bicyclic) bond motifs is 1. The Morgan fingerprint density at radius 2 is 2.19 bits per heavy atom. The maximum absolute atomic E-state index is 12.4. The van der Waals surface area contributed by atoms with Crippen LogP contribution in [-0.4, -0.2) is 23.5 Å². The lowest BCUT2D eigenvalue weighted by atomic mass is 10.1. The summed E-state index contributed by atoms with van der Waals surface area (Å²) in [5.41, 5.74) is 1.88. The zero-order valence-corrected chi connectivity index (χ0v) is 15.7. The second-order valence-corrected chi connectivity index (χ2v) is 6.64. The molecule has 0 saturated carbocycles. The van der Waals surface area contributed by atoms with Gasteiger partial charge in [0.2, 0.25) is 0 Å². The molecule has 0 spiro atoms. The number of nitro groups is 1. The largest absolute Gasteiger partial charge is 0.494 e. The number of benzene rings is 2. The molecule has 0 aromatic heterocycles. The van der Waals surface area contributed by atoms with E-state index in [0.717, 1.165) is 29.4 Å². The van der Waals surface area contributed by atoms with Crippen molar-refractivity contribution in [2.75, 3.05) is 6.61 Å². The number of halogens is 1. The fourth-order valence-electron chi connectivity index (χ4n) is 2.98. The molecule has 0 fully saturated rings. The highest BCUT2D eigenvalue weighted by Crippen LogP contribution is 2.35. The summed E-state index contributed by atoms with van der Waals surface area (Å²) in [5, 5.41) is 13.6. The van der Waals surface area contributed by atoms with Gasteiger partial charge >= 0.3 is 0 Å². The molecule has 7 nitrogen and oxygen atoms in total. The standard InChI is InChI=1S/C19H19ClN2O5/c1-3-26-17-7-12-6-11(2)27-18(12)8-13(17)10-21-19(23)15-5-4-14(22(24)25)9-16(15)20/h4-5,7-9,11H,3,6,10H2,1-2H3,(H,21,23). The number of carbonyl (C=O) groups excluding carboxylic acids is 1. The van der Waals surface area contributed by atoms with Crippen molar-refractivity contribution in [3.8, 4) is 11.5 Å². The minimum Gasteiger partial charge on any atom is -0.494 e. The predicted molar refractivity (Wildman–Crippen MR) is 101 cm³/mol. The van der Waals surface area contributed by atoms with Crippen LogP contribution in [0, 0.1) is 10.1 Å². The van der Waals surface area contributed by atoms with Crippen molar-refractivity contribution in [3.63, 3.8) is 0 Å². The van der Waals surface area contributed by atoms with Gasteiger partial charge in [-0.05, 0) is 32.0 Å². The van der Waals surface area contributed by atoms with Crippen LogP contribution in [0.4, 0.5) is 5.69 Å². The molecule has 2 aromatic carbocycles. The van der Waals surface area contributed by atoms with Crippen LogP contribution in [0.3, 0.4) is 0 Å². The number of hydrogen-bond donors (Lipinski definition) is 1. The first-order valence-corrected chi connectivity index (χ1v) is 8.94. The lowest BCUT2D eigenvalue weighted by molar-refractivity contribution is -0.384. The molecule has 0 radical (unpaired) electrons. The van der Waals surface area contributed by atoms with Gasteiger partial charge in [0, 0.05) is 36.2 Å². The lowest BCUT2D eigenvalue weighted by Gasteiger charge is -2.13. The predicted octanol–water partition coefficient (Wildman–Crippen LogP) is 3.90. The molecule has 3 rings (SSSR count). The van der Waals surface area contributed by atoms with E-state index in [1.165, 1.54) is 12.1 Å². The summed E-state index contributed by atoms with van der Waals surface area (Å²) >= 11 is 6.01. The number of nitrogens with one attached hydrogen (secondary N) is 1. The Hall–Kier alpha value is -2.80. The lowest BCUT2D eigenvalue weighted by Crippen LogP contribution is -2.23. The summed E-state index contributed by atoms with van der Waals surface area (Å²) in [6, 6.07) is 7.57. The Labute approximate surface area is 161 Å². The van der Waals surface area contributed by atoms with E-state index in [1.54, 1.807) is 0 Å². The quantitative estimate of drug-likeness (QED) is 0.596. The molecule has 0 bridgehead atoms. The average molecular weight is 391 g/mol. The summed E-state index contributed by atoms with van der Waals surface area (Å²) in [4.78, 5) is 22.7. The first kappa shape index (κ1) is 19.0. The Kier molecular flexibility index (Phi) is 5.51. The van der Waals surface area contributed by atoms with Gasteiger partial charge in [0.1, 0.15) is 17.6 Å². The number of rotatable bonds is 6. The van der Waals surface area contributed by atoms with Gasteiger partial charge in [-0.2, -0.15) is 0 Å². The van der Waals surface area contributed by atoms with Crippen molar-refractivity contribution in [2.24, 2.45) is 0 Å². The van der Waals surface area contributed by atoms with Crippen molar-refractivity contribution in [1.82, 2.24) is 5.32 Å². The molecule has 0 saturated heterocycles. The number of amides is 1. The van der Waals surface area contributed by atoms with Gasteiger partial charge in [-0.1, -0.05) is 11.6 Å². The highest BCUT2D eigenvalue weighted by molar-refractivity contribution is 6.34. The first-order valence-electron chi connectivity index (χ1n) is 8.56. The molecule has 2 aromatic rings. The minimum atomic E-state index is -0.562. The van der Waals surface area contributed by atoms with Gasteiger partial charge in [0.25, 0.3) is 11.6 Å². The van der Waals surface area contributed by atoms with E-state index in [4.69, 9.17) is 21.1 Å². The Morgan fingerprint density at radius 3 is 2.85 bits per heavy atom. The molecule has 8 heteroatoms. The Balaban J connectivity index is 1.77. The second-order valence-electron chi connectivity index (χ2n) is 6.24. The first-order chi connectivity index (χ1) is 12.9. The fraction of sp³-hybridized carbons (Fsp3) is 0.316. The molecule has 1 aliphatic rings. The van der Waals surface area contributed by atoms with Crippen molar-refractivity contribution in [3.05, 3.63) is 62.2 Å². The number of carbonyl (C=O) groups is 1. The maximum atomic E-state index is 12.4. The van der Waals surface area contributed by atoms with Crippen LogP contribution in [0.15, 0.2) is 30.3 Å². The third-order valence-corrected chi connectivity index (χ3v) is 4.54.